The van der Waals surface area contributed by atoms with Crippen LogP contribution in [-0.2, 0) is 29.9 Å². The van der Waals surface area contributed by atoms with E-state index in [2.05, 4.69) is 15.3 Å². The minimum atomic E-state index is -3.69. The van der Waals surface area contributed by atoms with Gasteiger partial charge in [-0.3, -0.25) is 14.2 Å². The number of benzene rings is 1. The maximum Gasteiger partial charge on any atom is 0.364 e. The molecule has 0 spiro atoms. The predicted octanol–water partition coefficient (Wildman–Crippen LogP) is 4.47. The summed E-state index contributed by atoms with van der Waals surface area (Å²) in [5.41, 5.74) is 1.09. The average Bonchev–Trinajstić information content (AvgIpc) is 3.57. The number of aromatic nitrogens is 6. The van der Waals surface area contributed by atoms with E-state index in [1.54, 1.807) is 32.4 Å². The number of hydrogen-bond acceptors (Lipinski definition) is 8. The van der Waals surface area contributed by atoms with Crippen LogP contribution in [0.25, 0.3) is 0 Å². The number of sulfone groups is 1. The van der Waals surface area contributed by atoms with E-state index in [1.807, 2.05) is 20.8 Å². The van der Waals surface area contributed by atoms with Crippen LogP contribution in [0, 0.1) is 6.92 Å². The number of carbonyl (C=O) groups is 2. The number of rotatable bonds is 9. The lowest BCUT2D eigenvalue weighted by atomic mass is 10.0. The first-order valence-electron chi connectivity index (χ1n) is 12.3. The number of nitrogens with zero attached hydrogens (tertiary/aromatic N) is 6. The SMILES string of the molecule is CCc1nn(C)c(C(=O)Oc2c(C(=O)c3ccc(S(C)(=O)=O)c(Cn4cccn4)c3Cl)c(C)nn2C(C)C)c1Cl. The van der Waals surface area contributed by atoms with Gasteiger partial charge >= 0.3 is 5.97 Å². The molecule has 0 unspecified atom stereocenters. The normalized spacial score (nSPS) is 11.8. The second kappa shape index (κ2) is 11.2. The molecule has 0 N–H and O–H groups in total. The molecule has 0 fully saturated rings. The maximum absolute atomic E-state index is 14.0. The third-order valence-electron chi connectivity index (χ3n) is 6.25. The Balaban J connectivity index is 1.85. The quantitative estimate of drug-likeness (QED) is 0.201. The fourth-order valence-corrected chi connectivity index (χ4v) is 6.00. The second-order valence-corrected chi connectivity index (χ2v) is 12.2. The van der Waals surface area contributed by atoms with Gasteiger partial charge in [-0.1, -0.05) is 30.1 Å². The van der Waals surface area contributed by atoms with Crippen molar-refractivity contribution < 1.29 is 22.7 Å². The summed E-state index contributed by atoms with van der Waals surface area (Å²) in [5, 5.41) is 13.0. The van der Waals surface area contributed by atoms with Crippen LogP contribution in [0.5, 0.6) is 5.88 Å². The number of ketones is 1. The molecule has 3 heterocycles. The van der Waals surface area contributed by atoms with Crippen LogP contribution >= 0.6 is 23.2 Å². The van der Waals surface area contributed by atoms with Crippen molar-refractivity contribution in [2.45, 2.75) is 51.6 Å². The van der Waals surface area contributed by atoms with Crippen LogP contribution in [-0.4, -0.2) is 55.8 Å². The van der Waals surface area contributed by atoms with Gasteiger partial charge in [0.25, 0.3) is 0 Å². The first-order valence-corrected chi connectivity index (χ1v) is 15.0. The summed E-state index contributed by atoms with van der Waals surface area (Å²) in [4.78, 5) is 27.3. The zero-order valence-corrected chi connectivity index (χ0v) is 25.1. The van der Waals surface area contributed by atoms with Gasteiger partial charge in [-0.2, -0.15) is 15.3 Å². The maximum atomic E-state index is 14.0. The zero-order chi connectivity index (χ0) is 29.5. The number of halogens is 2. The number of ether oxygens (including phenoxy) is 1. The van der Waals surface area contributed by atoms with Crippen molar-refractivity contribution in [2.75, 3.05) is 6.26 Å². The van der Waals surface area contributed by atoms with E-state index in [4.69, 9.17) is 27.9 Å². The Hall–Kier alpha value is -3.48. The largest absolute Gasteiger partial charge is 0.402 e. The minimum absolute atomic E-state index is 0.00935. The fourth-order valence-electron chi connectivity index (χ4n) is 4.34. The molecule has 0 amide bonds. The highest BCUT2D eigenvalue weighted by Crippen LogP contribution is 2.35. The molecule has 0 saturated carbocycles. The summed E-state index contributed by atoms with van der Waals surface area (Å²) >= 11 is 13.1. The van der Waals surface area contributed by atoms with E-state index in [0.717, 1.165) is 6.26 Å². The van der Waals surface area contributed by atoms with Gasteiger partial charge in [0.1, 0.15) is 5.56 Å². The molecule has 4 aromatic rings. The summed E-state index contributed by atoms with van der Waals surface area (Å²) < 4.78 is 35.1. The van der Waals surface area contributed by atoms with E-state index >= 15 is 0 Å². The molecule has 212 valence electrons. The molecule has 0 aliphatic carbocycles. The number of carbonyl (C=O) groups excluding carboxylic acids is 2. The number of hydrogen-bond donors (Lipinski definition) is 0. The van der Waals surface area contributed by atoms with Crippen LogP contribution < -0.4 is 4.74 Å². The van der Waals surface area contributed by atoms with Crippen molar-refractivity contribution in [2.24, 2.45) is 7.05 Å². The Bertz CT molecular complexity index is 1720. The predicted molar refractivity (Wildman–Crippen MR) is 149 cm³/mol. The Morgan fingerprint density at radius 2 is 1.82 bits per heavy atom. The zero-order valence-electron chi connectivity index (χ0n) is 22.8. The van der Waals surface area contributed by atoms with Crippen LogP contribution in [0.1, 0.15) is 70.2 Å². The molecule has 0 aliphatic rings. The monoisotopic (exact) mass is 606 g/mol. The van der Waals surface area contributed by atoms with Gasteiger partial charge in [-0.05, 0) is 45.4 Å². The molecule has 14 heteroatoms. The van der Waals surface area contributed by atoms with E-state index in [0.29, 0.717) is 17.8 Å². The van der Waals surface area contributed by atoms with Crippen molar-refractivity contribution in [3.05, 3.63) is 74.4 Å². The minimum Gasteiger partial charge on any atom is -0.402 e. The molecule has 0 radical (unpaired) electrons. The van der Waals surface area contributed by atoms with E-state index in [-0.39, 0.29) is 55.8 Å². The van der Waals surface area contributed by atoms with E-state index < -0.39 is 21.6 Å². The van der Waals surface area contributed by atoms with E-state index in [1.165, 1.54) is 26.2 Å². The second-order valence-electron chi connectivity index (χ2n) is 9.49. The summed E-state index contributed by atoms with van der Waals surface area (Å²) in [6.07, 6.45) is 4.77. The highest BCUT2D eigenvalue weighted by Gasteiger charge is 2.32. The van der Waals surface area contributed by atoms with Gasteiger partial charge in [0, 0.05) is 36.8 Å². The lowest BCUT2D eigenvalue weighted by Crippen LogP contribution is -2.19. The van der Waals surface area contributed by atoms with Gasteiger partial charge in [-0.15, -0.1) is 0 Å². The summed E-state index contributed by atoms with van der Waals surface area (Å²) in [5.74, 6) is -1.49. The summed E-state index contributed by atoms with van der Waals surface area (Å²) in [7, 11) is -2.12. The first kappa shape index (κ1) is 29.5. The number of esters is 1. The summed E-state index contributed by atoms with van der Waals surface area (Å²) in [6, 6.07) is 4.08. The van der Waals surface area contributed by atoms with Crippen molar-refractivity contribution in [3.63, 3.8) is 0 Å². The van der Waals surface area contributed by atoms with Crippen molar-refractivity contribution in [1.29, 1.82) is 0 Å². The van der Waals surface area contributed by atoms with Crippen LogP contribution in [0.15, 0.2) is 35.5 Å². The molecule has 0 bridgehead atoms. The van der Waals surface area contributed by atoms with Crippen molar-refractivity contribution in [3.8, 4) is 5.88 Å². The molecular weight excluding hydrogens is 579 g/mol. The van der Waals surface area contributed by atoms with Gasteiger partial charge in [-0.25, -0.2) is 17.9 Å². The Kier molecular flexibility index (Phi) is 8.25. The third kappa shape index (κ3) is 5.43. The molecule has 11 nitrogen and oxygen atoms in total. The Morgan fingerprint density at radius 1 is 1.12 bits per heavy atom. The standard InChI is InChI=1S/C26H28Cl2N6O5S/c1-7-18-22(28)23(32(5)31-18)26(36)39-25-20(15(4)30-34(25)14(2)3)24(35)16-9-10-19(40(6,37)38)17(21(16)27)13-33-12-8-11-29-33/h8-12,14H,7,13H2,1-6H3. The highest BCUT2D eigenvalue weighted by molar-refractivity contribution is 7.90. The topological polar surface area (TPSA) is 131 Å². The molecular formula is C26H28Cl2N6O5S. The average molecular weight is 608 g/mol. The van der Waals surface area contributed by atoms with Crippen molar-refractivity contribution in [1.82, 2.24) is 29.3 Å². The molecule has 3 aromatic heterocycles. The molecule has 0 aliphatic heterocycles. The molecule has 0 atom stereocenters. The fraction of sp³-hybridized carbons (Fsp3) is 0.346. The Labute approximate surface area is 241 Å². The molecule has 40 heavy (non-hydrogen) atoms. The van der Waals surface area contributed by atoms with Gasteiger partial charge in [0.2, 0.25) is 11.7 Å². The Morgan fingerprint density at radius 3 is 2.38 bits per heavy atom. The van der Waals surface area contributed by atoms with Crippen LogP contribution in [0.2, 0.25) is 10.0 Å². The molecule has 1 aromatic carbocycles. The molecule has 0 saturated heterocycles. The highest BCUT2D eigenvalue weighted by atomic mass is 35.5. The first-order chi connectivity index (χ1) is 18.8. The van der Waals surface area contributed by atoms with Crippen LogP contribution in [0.3, 0.4) is 0 Å². The van der Waals surface area contributed by atoms with Gasteiger partial charge in [0.05, 0.1) is 38.9 Å². The lowest BCUT2D eigenvalue weighted by Gasteiger charge is -2.15. The smallest absolute Gasteiger partial charge is 0.364 e. The third-order valence-corrected chi connectivity index (χ3v) is 8.26. The summed E-state index contributed by atoms with van der Waals surface area (Å²) in [6.45, 7) is 7.12. The lowest BCUT2D eigenvalue weighted by molar-refractivity contribution is 0.0703. The van der Waals surface area contributed by atoms with Gasteiger partial charge < -0.3 is 4.74 Å². The van der Waals surface area contributed by atoms with E-state index in [9.17, 15) is 18.0 Å². The number of aryl methyl sites for hydroxylation is 3. The van der Waals surface area contributed by atoms with Gasteiger partial charge in [0.15, 0.2) is 15.5 Å². The van der Waals surface area contributed by atoms with Crippen molar-refractivity contribution >= 4 is 44.8 Å². The van der Waals surface area contributed by atoms with Crippen LogP contribution in [0.4, 0.5) is 0 Å². The molecule has 4 rings (SSSR count).